The first-order valence-electron chi connectivity index (χ1n) is 14.3. The first kappa shape index (κ1) is 29.7. The Kier molecular flexibility index (Phi) is 9.91. The molecule has 5 aromatic rings. The van der Waals surface area contributed by atoms with Gasteiger partial charge in [-0.1, -0.05) is 85.8 Å². The Morgan fingerprint density at radius 3 is 2.44 bits per heavy atom. The standard InChI is InChI=1S/C34H35N5O4/c1-2-39(19-20-40)18-10-17-29(42)37-27-16-9-15-26(21-27)30-31-33(38-28(22-41)24-11-5-3-6-12-24)35-23-36-34(31)43-32(30)25-13-7-4-8-14-25/h3-17,21,23,28,40-41H,2,18-20,22H2,1H3,(H,37,42)(H,35,36,38)/b17-10+/t28-/m1/s1. The van der Waals surface area contributed by atoms with Gasteiger partial charge in [0.15, 0.2) is 0 Å². The Morgan fingerprint density at radius 2 is 1.72 bits per heavy atom. The monoisotopic (exact) mass is 577 g/mol. The third kappa shape index (κ3) is 7.15. The summed E-state index contributed by atoms with van der Waals surface area (Å²) in [5.41, 5.74) is 4.37. The molecule has 0 aliphatic heterocycles. The van der Waals surface area contributed by atoms with Gasteiger partial charge in [0.05, 0.1) is 24.6 Å². The molecule has 5 rings (SSSR count). The molecule has 1 amide bonds. The van der Waals surface area contributed by atoms with E-state index in [1.165, 1.54) is 12.4 Å². The van der Waals surface area contributed by atoms with Crippen molar-refractivity contribution in [2.24, 2.45) is 0 Å². The Morgan fingerprint density at radius 1 is 0.977 bits per heavy atom. The van der Waals surface area contributed by atoms with Gasteiger partial charge in [-0.2, -0.15) is 0 Å². The fourth-order valence-corrected chi connectivity index (χ4v) is 4.96. The minimum Gasteiger partial charge on any atom is -0.437 e. The van der Waals surface area contributed by atoms with Crippen molar-refractivity contribution in [3.05, 3.63) is 109 Å². The molecule has 0 aliphatic rings. The van der Waals surface area contributed by atoms with Crippen LogP contribution in [0.1, 0.15) is 18.5 Å². The largest absolute Gasteiger partial charge is 0.437 e. The highest BCUT2D eigenvalue weighted by Gasteiger charge is 2.24. The van der Waals surface area contributed by atoms with Crippen LogP contribution < -0.4 is 10.6 Å². The van der Waals surface area contributed by atoms with Crippen molar-refractivity contribution < 1.29 is 19.4 Å². The van der Waals surface area contributed by atoms with Crippen molar-refractivity contribution in [3.63, 3.8) is 0 Å². The Labute approximate surface area is 250 Å². The van der Waals surface area contributed by atoms with Crippen LogP contribution in [0.5, 0.6) is 0 Å². The molecule has 0 bridgehead atoms. The molecule has 3 aromatic carbocycles. The lowest BCUT2D eigenvalue weighted by Crippen LogP contribution is -2.26. The van der Waals surface area contributed by atoms with E-state index in [-0.39, 0.29) is 19.1 Å². The van der Waals surface area contributed by atoms with Crippen molar-refractivity contribution in [1.82, 2.24) is 14.9 Å². The number of nitrogens with zero attached hydrogens (tertiary/aromatic N) is 3. The molecule has 0 saturated carbocycles. The number of nitrogens with one attached hydrogen (secondary N) is 2. The number of aliphatic hydroxyl groups excluding tert-OH is 2. The summed E-state index contributed by atoms with van der Waals surface area (Å²) in [5, 5.41) is 26.4. The van der Waals surface area contributed by atoms with E-state index >= 15 is 0 Å². The molecular weight excluding hydrogens is 542 g/mol. The van der Waals surface area contributed by atoms with Crippen LogP contribution in [0.2, 0.25) is 0 Å². The highest BCUT2D eigenvalue weighted by Crippen LogP contribution is 2.43. The lowest BCUT2D eigenvalue weighted by atomic mass is 9.98. The number of aliphatic hydroxyl groups is 2. The lowest BCUT2D eigenvalue weighted by molar-refractivity contribution is -0.111. The number of rotatable bonds is 13. The number of carbonyl (C=O) groups is 1. The van der Waals surface area contributed by atoms with Crippen LogP contribution in [0, 0.1) is 0 Å². The van der Waals surface area contributed by atoms with Gasteiger partial charge >= 0.3 is 0 Å². The van der Waals surface area contributed by atoms with Crippen molar-refractivity contribution in [1.29, 1.82) is 0 Å². The van der Waals surface area contributed by atoms with Gasteiger partial charge in [0, 0.05) is 36.0 Å². The number of fused-ring (bicyclic) bond motifs is 1. The molecule has 220 valence electrons. The first-order chi connectivity index (χ1) is 21.1. The summed E-state index contributed by atoms with van der Waals surface area (Å²) in [5.74, 6) is 0.887. The van der Waals surface area contributed by atoms with Crippen LogP contribution in [-0.4, -0.2) is 63.8 Å². The number of anilines is 2. The molecule has 9 nitrogen and oxygen atoms in total. The van der Waals surface area contributed by atoms with Crippen LogP contribution in [0.3, 0.4) is 0 Å². The van der Waals surface area contributed by atoms with Crippen LogP contribution in [0.4, 0.5) is 11.5 Å². The third-order valence-corrected chi connectivity index (χ3v) is 7.13. The molecule has 0 saturated heterocycles. The number of hydrogen-bond acceptors (Lipinski definition) is 8. The molecule has 4 N–H and O–H groups in total. The van der Waals surface area contributed by atoms with Crippen molar-refractivity contribution in [2.45, 2.75) is 13.0 Å². The van der Waals surface area contributed by atoms with Crippen LogP contribution >= 0.6 is 0 Å². The van der Waals surface area contributed by atoms with Gasteiger partial charge in [-0.3, -0.25) is 9.69 Å². The number of furan rings is 1. The maximum atomic E-state index is 12.7. The number of aromatic nitrogens is 2. The topological polar surface area (TPSA) is 124 Å². The molecule has 0 radical (unpaired) electrons. The SMILES string of the molecule is CCN(C/C=C/C(=O)Nc1cccc(-c2c(-c3ccccc3)oc3ncnc(N[C@H](CO)c4ccccc4)c23)c1)CCO. The average Bonchev–Trinajstić information content (AvgIpc) is 3.45. The zero-order chi connectivity index (χ0) is 30.0. The highest BCUT2D eigenvalue weighted by atomic mass is 16.3. The molecule has 43 heavy (non-hydrogen) atoms. The smallest absolute Gasteiger partial charge is 0.248 e. The van der Waals surface area contributed by atoms with Crippen molar-refractivity contribution >= 4 is 28.5 Å². The molecule has 2 heterocycles. The van der Waals surface area contributed by atoms with Crippen molar-refractivity contribution in [2.75, 3.05) is 43.5 Å². The minimum atomic E-state index is -0.402. The summed E-state index contributed by atoms with van der Waals surface area (Å²) in [6.07, 6.45) is 4.73. The van der Waals surface area contributed by atoms with E-state index < -0.39 is 6.04 Å². The number of likely N-dealkylation sites (N-methyl/N-ethyl adjacent to an activating group) is 1. The number of amides is 1. The Bertz CT molecular complexity index is 1670. The molecule has 0 unspecified atom stereocenters. The summed E-state index contributed by atoms with van der Waals surface area (Å²) in [6.45, 7) is 3.85. The zero-order valence-electron chi connectivity index (χ0n) is 24.0. The minimum absolute atomic E-state index is 0.0729. The maximum absolute atomic E-state index is 12.7. The van der Waals surface area contributed by atoms with Crippen molar-refractivity contribution in [3.8, 4) is 22.5 Å². The highest BCUT2D eigenvalue weighted by molar-refractivity contribution is 6.07. The summed E-state index contributed by atoms with van der Waals surface area (Å²) >= 11 is 0. The second-order valence-corrected chi connectivity index (χ2v) is 9.95. The predicted molar refractivity (Wildman–Crippen MR) is 170 cm³/mol. The van der Waals surface area contributed by atoms with E-state index in [0.29, 0.717) is 41.5 Å². The van der Waals surface area contributed by atoms with Crippen LogP contribution in [-0.2, 0) is 4.79 Å². The number of benzene rings is 3. The van der Waals surface area contributed by atoms with Gasteiger partial charge in [0.1, 0.15) is 17.9 Å². The number of hydrogen-bond donors (Lipinski definition) is 4. The van der Waals surface area contributed by atoms with Gasteiger partial charge in [-0.05, 0) is 29.8 Å². The summed E-state index contributed by atoms with van der Waals surface area (Å²) in [4.78, 5) is 23.8. The maximum Gasteiger partial charge on any atom is 0.248 e. The number of carbonyl (C=O) groups excluding carboxylic acids is 1. The molecule has 2 aromatic heterocycles. The molecule has 0 spiro atoms. The zero-order valence-corrected chi connectivity index (χ0v) is 24.0. The van der Waals surface area contributed by atoms with Crippen LogP contribution in [0.25, 0.3) is 33.6 Å². The summed E-state index contributed by atoms with van der Waals surface area (Å²) in [6, 6.07) is 26.6. The Hall–Kier alpha value is -4.83. The first-order valence-corrected chi connectivity index (χ1v) is 14.3. The van der Waals surface area contributed by atoms with Gasteiger partial charge in [0.25, 0.3) is 0 Å². The molecule has 0 aliphatic carbocycles. The van der Waals surface area contributed by atoms with E-state index in [0.717, 1.165) is 28.8 Å². The van der Waals surface area contributed by atoms with Gasteiger partial charge in [-0.15, -0.1) is 0 Å². The molecule has 9 heteroatoms. The predicted octanol–water partition coefficient (Wildman–Crippen LogP) is 5.51. The van der Waals surface area contributed by atoms with E-state index in [9.17, 15) is 15.0 Å². The average molecular weight is 578 g/mol. The molecule has 1 atom stereocenters. The third-order valence-electron chi connectivity index (χ3n) is 7.13. The molecular formula is C34H35N5O4. The summed E-state index contributed by atoms with van der Waals surface area (Å²) in [7, 11) is 0. The van der Waals surface area contributed by atoms with E-state index in [4.69, 9.17) is 4.42 Å². The van der Waals surface area contributed by atoms with E-state index in [2.05, 4.69) is 20.6 Å². The van der Waals surface area contributed by atoms with Gasteiger partial charge in [-0.25, -0.2) is 9.97 Å². The summed E-state index contributed by atoms with van der Waals surface area (Å²) < 4.78 is 6.35. The fourth-order valence-electron chi connectivity index (χ4n) is 4.96. The second-order valence-electron chi connectivity index (χ2n) is 9.95. The quantitative estimate of drug-likeness (QED) is 0.135. The van der Waals surface area contributed by atoms with Crippen LogP contribution in [0.15, 0.2) is 108 Å². The normalized spacial score (nSPS) is 12.2. The Balaban J connectivity index is 1.52. The van der Waals surface area contributed by atoms with Gasteiger partial charge in [0.2, 0.25) is 11.6 Å². The fraction of sp³-hybridized carbons (Fsp3) is 0.206. The molecule has 0 fully saturated rings. The van der Waals surface area contributed by atoms with E-state index in [1.54, 1.807) is 6.08 Å². The lowest BCUT2D eigenvalue weighted by Gasteiger charge is -2.18. The van der Waals surface area contributed by atoms with E-state index in [1.807, 2.05) is 96.8 Å². The van der Waals surface area contributed by atoms with Gasteiger partial charge < -0.3 is 25.3 Å². The second kappa shape index (κ2) is 14.4.